The van der Waals surface area contributed by atoms with Gasteiger partial charge in [-0.15, -0.1) is 6.58 Å². The Bertz CT molecular complexity index is 516. The van der Waals surface area contributed by atoms with Crippen LogP contribution < -0.4 is 0 Å². The molecule has 144 valence electrons. The van der Waals surface area contributed by atoms with Crippen LogP contribution in [0.5, 0.6) is 0 Å². The van der Waals surface area contributed by atoms with Crippen molar-refractivity contribution in [3.8, 4) is 0 Å². The van der Waals surface area contributed by atoms with Gasteiger partial charge in [-0.2, -0.15) is 0 Å². The molecule has 0 saturated heterocycles. The minimum absolute atomic E-state index is 0.759. The molecule has 3 rings (SSSR count). The van der Waals surface area contributed by atoms with Crippen LogP contribution in [-0.2, 0) is 11.3 Å². The molecule has 1 aromatic rings. The maximum atomic E-state index is 5.65. The third-order valence-electron chi connectivity index (χ3n) is 6.90. The molecule has 1 aromatic carbocycles. The molecule has 0 bridgehead atoms. The van der Waals surface area contributed by atoms with Gasteiger partial charge in [-0.3, -0.25) is 0 Å². The Morgan fingerprint density at radius 1 is 0.923 bits per heavy atom. The van der Waals surface area contributed by atoms with Crippen LogP contribution in [-0.4, -0.2) is 6.61 Å². The van der Waals surface area contributed by atoms with Crippen molar-refractivity contribution >= 4 is 0 Å². The van der Waals surface area contributed by atoms with Crippen LogP contribution in [0.2, 0.25) is 0 Å². The molecule has 2 aliphatic rings. The lowest BCUT2D eigenvalue weighted by Crippen LogP contribution is -2.25. The lowest BCUT2D eigenvalue weighted by molar-refractivity contribution is 0.121. The van der Waals surface area contributed by atoms with Gasteiger partial charge in [0.05, 0.1) is 6.61 Å². The first-order valence-corrected chi connectivity index (χ1v) is 11.1. The lowest BCUT2D eigenvalue weighted by atomic mass is 9.68. The number of ether oxygens (including phenoxy) is 1. The van der Waals surface area contributed by atoms with Gasteiger partial charge < -0.3 is 4.74 Å². The second-order valence-electron chi connectivity index (χ2n) is 8.71. The predicted octanol–water partition coefficient (Wildman–Crippen LogP) is 7.27. The Hall–Kier alpha value is -1.08. The molecule has 1 nitrogen and oxygen atoms in total. The van der Waals surface area contributed by atoms with E-state index in [-0.39, 0.29) is 0 Å². The first kappa shape index (κ1) is 19.7. The highest BCUT2D eigenvalue weighted by molar-refractivity contribution is 5.25. The van der Waals surface area contributed by atoms with Crippen molar-refractivity contribution in [3.63, 3.8) is 0 Å². The zero-order valence-corrected chi connectivity index (χ0v) is 16.8. The molecule has 0 aromatic heterocycles. The molecule has 1 heteroatoms. The summed E-state index contributed by atoms with van der Waals surface area (Å²) >= 11 is 0. The van der Waals surface area contributed by atoms with Gasteiger partial charge in [-0.25, -0.2) is 0 Å². The summed E-state index contributed by atoms with van der Waals surface area (Å²) in [6.07, 6.45) is 16.0. The van der Waals surface area contributed by atoms with E-state index in [0.29, 0.717) is 0 Å². The van der Waals surface area contributed by atoms with Crippen molar-refractivity contribution in [3.05, 3.63) is 48.0 Å². The molecule has 0 radical (unpaired) electrons. The van der Waals surface area contributed by atoms with E-state index >= 15 is 0 Å². The van der Waals surface area contributed by atoms with Crippen molar-refractivity contribution in [1.82, 2.24) is 0 Å². The summed E-state index contributed by atoms with van der Waals surface area (Å²) in [5, 5.41) is 0. The first-order chi connectivity index (χ1) is 12.8. The normalized spacial score (nSPS) is 29.4. The summed E-state index contributed by atoms with van der Waals surface area (Å²) < 4.78 is 5.65. The van der Waals surface area contributed by atoms with Crippen molar-refractivity contribution in [2.75, 3.05) is 6.61 Å². The predicted molar refractivity (Wildman–Crippen MR) is 111 cm³/mol. The average Bonchev–Trinajstić information content (AvgIpc) is 2.70. The van der Waals surface area contributed by atoms with Crippen molar-refractivity contribution in [1.29, 1.82) is 0 Å². The molecular weight excluding hydrogens is 316 g/mol. The molecule has 0 spiro atoms. The van der Waals surface area contributed by atoms with Gasteiger partial charge in [0.25, 0.3) is 0 Å². The van der Waals surface area contributed by atoms with E-state index in [4.69, 9.17) is 4.74 Å². The molecule has 0 heterocycles. The van der Waals surface area contributed by atoms with Crippen LogP contribution in [0.1, 0.15) is 88.2 Å². The van der Waals surface area contributed by atoms with Crippen LogP contribution in [0.25, 0.3) is 0 Å². The number of allylic oxidation sites excluding steroid dienone is 1. The second kappa shape index (κ2) is 10.3. The van der Waals surface area contributed by atoms with Gasteiger partial charge in [0, 0.05) is 6.61 Å². The van der Waals surface area contributed by atoms with Crippen LogP contribution in [0, 0.1) is 17.8 Å². The molecule has 0 atom stereocenters. The number of rotatable bonds is 8. The highest BCUT2D eigenvalue weighted by Gasteiger charge is 2.30. The molecule has 2 saturated carbocycles. The van der Waals surface area contributed by atoms with E-state index in [9.17, 15) is 0 Å². The monoisotopic (exact) mass is 354 g/mol. The Balaban J connectivity index is 1.43. The molecule has 0 aliphatic heterocycles. The summed E-state index contributed by atoms with van der Waals surface area (Å²) in [6.45, 7) is 7.70. The Morgan fingerprint density at radius 3 is 2.12 bits per heavy atom. The fourth-order valence-electron chi connectivity index (χ4n) is 5.28. The molecule has 26 heavy (non-hydrogen) atoms. The van der Waals surface area contributed by atoms with Crippen LogP contribution in [0.3, 0.4) is 0 Å². The zero-order chi connectivity index (χ0) is 18.2. The molecular formula is C25H38O. The third-order valence-corrected chi connectivity index (χ3v) is 6.90. The second-order valence-corrected chi connectivity index (χ2v) is 8.71. The van der Waals surface area contributed by atoms with Crippen LogP contribution in [0.4, 0.5) is 0 Å². The van der Waals surface area contributed by atoms with Gasteiger partial charge in [-0.1, -0.05) is 37.3 Å². The first-order valence-electron chi connectivity index (χ1n) is 11.1. The van der Waals surface area contributed by atoms with Crippen LogP contribution in [0.15, 0.2) is 36.9 Å². The maximum Gasteiger partial charge on any atom is 0.0716 e. The number of benzene rings is 1. The molecule has 2 aliphatic carbocycles. The SMILES string of the molecule is C=CCC1CCC(C2CCC(c3ccc(COCCC)cc3)CC2)CC1. The Morgan fingerprint density at radius 2 is 1.54 bits per heavy atom. The average molecular weight is 355 g/mol. The minimum Gasteiger partial charge on any atom is -0.377 e. The van der Waals surface area contributed by atoms with Crippen molar-refractivity contribution in [2.24, 2.45) is 17.8 Å². The van der Waals surface area contributed by atoms with E-state index in [1.54, 1.807) is 5.56 Å². The largest absolute Gasteiger partial charge is 0.377 e. The highest BCUT2D eigenvalue weighted by Crippen LogP contribution is 2.44. The van der Waals surface area contributed by atoms with E-state index < -0.39 is 0 Å². The van der Waals surface area contributed by atoms with Gasteiger partial charge in [0.1, 0.15) is 0 Å². The summed E-state index contributed by atoms with van der Waals surface area (Å²) in [4.78, 5) is 0. The fraction of sp³-hybridized carbons (Fsp3) is 0.680. The van der Waals surface area contributed by atoms with E-state index in [2.05, 4.69) is 43.8 Å². The highest BCUT2D eigenvalue weighted by atomic mass is 16.5. The maximum absolute atomic E-state index is 5.65. The smallest absolute Gasteiger partial charge is 0.0716 e. The lowest BCUT2D eigenvalue weighted by Gasteiger charge is -2.38. The molecule has 0 unspecified atom stereocenters. The van der Waals surface area contributed by atoms with E-state index in [1.807, 2.05) is 0 Å². The van der Waals surface area contributed by atoms with Crippen LogP contribution >= 0.6 is 0 Å². The minimum atomic E-state index is 0.759. The molecule has 2 fully saturated rings. The molecule has 0 amide bonds. The standard InChI is InChI=1S/C25H38O/c1-3-5-20-6-10-22(11-7-20)24-14-16-25(17-15-24)23-12-8-21(9-13-23)19-26-18-4-2/h3,8-9,12-13,20,22,24-25H,1,4-7,10-11,14-19H2,2H3. The van der Waals surface area contributed by atoms with Gasteiger partial charge >= 0.3 is 0 Å². The quantitative estimate of drug-likeness (QED) is 0.352. The van der Waals surface area contributed by atoms with Gasteiger partial charge in [-0.05, 0) is 99.0 Å². The third kappa shape index (κ3) is 5.46. The summed E-state index contributed by atoms with van der Waals surface area (Å²) in [5.41, 5.74) is 2.87. The van der Waals surface area contributed by atoms with Gasteiger partial charge in [0.2, 0.25) is 0 Å². The number of hydrogen-bond donors (Lipinski definition) is 0. The Labute approximate surface area is 161 Å². The summed E-state index contributed by atoms with van der Waals surface area (Å²) in [7, 11) is 0. The summed E-state index contributed by atoms with van der Waals surface area (Å²) in [5.74, 6) is 3.72. The zero-order valence-electron chi connectivity index (χ0n) is 16.8. The Kier molecular flexibility index (Phi) is 7.80. The molecule has 0 N–H and O–H groups in total. The van der Waals surface area contributed by atoms with E-state index in [0.717, 1.165) is 43.3 Å². The topological polar surface area (TPSA) is 9.23 Å². The summed E-state index contributed by atoms with van der Waals surface area (Å²) in [6, 6.07) is 9.27. The number of hydrogen-bond acceptors (Lipinski definition) is 1. The van der Waals surface area contributed by atoms with Gasteiger partial charge in [0.15, 0.2) is 0 Å². The fourth-order valence-corrected chi connectivity index (χ4v) is 5.28. The van der Waals surface area contributed by atoms with Crippen molar-refractivity contribution < 1.29 is 4.74 Å². The van der Waals surface area contributed by atoms with Crippen molar-refractivity contribution in [2.45, 2.75) is 83.7 Å². The van der Waals surface area contributed by atoms with E-state index in [1.165, 1.54) is 63.4 Å².